The molecule has 1 spiro atoms. The average molecular weight is 625 g/mol. The topological polar surface area (TPSA) is 112 Å². The molecule has 1 aliphatic heterocycles. The van der Waals surface area contributed by atoms with E-state index in [4.69, 9.17) is 18.9 Å². The molecule has 1 saturated heterocycles. The Morgan fingerprint density at radius 2 is 0.933 bits per heavy atom. The van der Waals surface area contributed by atoms with Crippen LogP contribution in [0.15, 0.2) is 0 Å². The summed E-state index contributed by atoms with van der Waals surface area (Å²) >= 11 is 0. The van der Waals surface area contributed by atoms with Crippen molar-refractivity contribution in [2.24, 2.45) is 63.6 Å². The summed E-state index contributed by atoms with van der Waals surface area (Å²) in [6, 6.07) is 0. The van der Waals surface area contributed by atoms with Crippen molar-refractivity contribution in [2.75, 3.05) is 26.4 Å². The number of ether oxygens (including phenoxy) is 4. The molecule has 1 heterocycles. The summed E-state index contributed by atoms with van der Waals surface area (Å²) in [7, 11) is 0. The van der Waals surface area contributed by atoms with Crippen molar-refractivity contribution < 1.29 is 38.7 Å². The van der Waals surface area contributed by atoms with Crippen LogP contribution in [0.2, 0.25) is 0 Å². The van der Waals surface area contributed by atoms with Crippen LogP contribution < -0.4 is 0 Å². The first-order chi connectivity index (χ1) is 21.5. The van der Waals surface area contributed by atoms with Crippen LogP contribution in [0.5, 0.6) is 0 Å². The zero-order valence-electron chi connectivity index (χ0n) is 26.8. The van der Waals surface area contributed by atoms with Gasteiger partial charge < -0.3 is 29.2 Å². The van der Waals surface area contributed by atoms with Crippen molar-refractivity contribution in [3.8, 4) is 0 Å². The number of esters is 2. The van der Waals surface area contributed by atoms with Gasteiger partial charge in [0.1, 0.15) is 13.2 Å². The molecule has 0 amide bonds. The lowest BCUT2D eigenvalue weighted by molar-refractivity contribution is -0.385. The van der Waals surface area contributed by atoms with E-state index in [2.05, 4.69) is 0 Å². The lowest BCUT2D eigenvalue weighted by Crippen LogP contribution is -2.66. The highest BCUT2D eigenvalue weighted by molar-refractivity contribution is 5.78. The molecule has 248 valence electrons. The first-order valence-corrected chi connectivity index (χ1v) is 18.5. The molecule has 4 atom stereocenters. The maximum Gasteiger partial charge on any atom is 0.312 e. The zero-order chi connectivity index (χ0) is 30.5. The molecule has 45 heavy (non-hydrogen) atoms. The molecule has 0 aromatic heterocycles. The highest BCUT2D eigenvalue weighted by Gasteiger charge is 2.65. The Morgan fingerprint density at radius 3 is 1.31 bits per heavy atom. The van der Waals surface area contributed by atoms with Crippen molar-refractivity contribution >= 4 is 11.9 Å². The minimum absolute atomic E-state index is 0.0908. The third kappa shape index (κ3) is 4.29. The van der Waals surface area contributed by atoms with E-state index in [0.29, 0.717) is 61.6 Å². The standard InChI is InChI=1S/C37H52O8/c38-30(33-8-24-2-25(9-33)13-35(40,12-24)16-33)42-18-32(19-43-31(39)34-10-26-3-27(11-34)15-36(41,14-26)17-34)20-44-37(45-21-32)28-4-22-1-23(6-28)7-29(37)5-22/h22-29,40-41H,1-21H2. The number of hydrogen-bond donors (Lipinski definition) is 2. The molecule has 8 nitrogen and oxygen atoms in total. The van der Waals surface area contributed by atoms with E-state index in [1.165, 1.54) is 32.1 Å². The molecule has 12 saturated carbocycles. The van der Waals surface area contributed by atoms with Crippen LogP contribution >= 0.6 is 0 Å². The van der Waals surface area contributed by atoms with Gasteiger partial charge in [-0.05, 0) is 145 Å². The van der Waals surface area contributed by atoms with Gasteiger partial charge in [-0.15, -0.1) is 0 Å². The smallest absolute Gasteiger partial charge is 0.312 e. The number of aliphatic hydroxyl groups is 2. The van der Waals surface area contributed by atoms with Crippen molar-refractivity contribution in [3.63, 3.8) is 0 Å². The predicted octanol–water partition coefficient (Wildman–Crippen LogP) is 4.92. The molecule has 0 radical (unpaired) electrons. The van der Waals surface area contributed by atoms with E-state index >= 15 is 0 Å². The highest BCUT2D eigenvalue weighted by atomic mass is 16.7. The number of carbonyl (C=O) groups is 2. The Balaban J connectivity index is 0.882. The number of rotatable bonds is 6. The first-order valence-electron chi connectivity index (χ1n) is 18.5. The van der Waals surface area contributed by atoms with Crippen LogP contribution in [-0.4, -0.2) is 65.6 Å². The maximum atomic E-state index is 14.0. The summed E-state index contributed by atoms with van der Waals surface area (Å²) in [5.74, 6) is 3.05. The second-order valence-electron chi connectivity index (χ2n) is 19.2. The fraction of sp³-hybridized carbons (Fsp3) is 0.946. The monoisotopic (exact) mass is 624 g/mol. The molecule has 12 bridgehead atoms. The van der Waals surface area contributed by atoms with E-state index in [9.17, 15) is 19.8 Å². The summed E-state index contributed by atoms with van der Waals surface area (Å²) in [4.78, 5) is 27.9. The van der Waals surface area contributed by atoms with Gasteiger partial charge in [-0.3, -0.25) is 9.59 Å². The fourth-order valence-electron chi connectivity index (χ4n) is 14.8. The van der Waals surface area contributed by atoms with E-state index in [1.807, 2.05) is 0 Å². The van der Waals surface area contributed by atoms with Gasteiger partial charge in [-0.1, -0.05) is 0 Å². The van der Waals surface area contributed by atoms with Crippen molar-refractivity contribution in [1.29, 1.82) is 0 Å². The van der Waals surface area contributed by atoms with Crippen molar-refractivity contribution in [3.05, 3.63) is 0 Å². The van der Waals surface area contributed by atoms with Crippen molar-refractivity contribution in [2.45, 2.75) is 126 Å². The Hall–Kier alpha value is -1.22. The van der Waals surface area contributed by atoms with E-state index in [1.54, 1.807) is 0 Å². The Bertz CT molecular complexity index is 1150. The quantitative estimate of drug-likeness (QED) is 0.401. The molecule has 0 aromatic rings. The summed E-state index contributed by atoms with van der Waals surface area (Å²) in [5, 5.41) is 22.6. The predicted molar refractivity (Wildman–Crippen MR) is 160 cm³/mol. The third-order valence-corrected chi connectivity index (χ3v) is 15.4. The Kier molecular flexibility index (Phi) is 5.92. The molecule has 4 unspecified atom stereocenters. The van der Waals surface area contributed by atoms with Crippen molar-refractivity contribution in [1.82, 2.24) is 0 Å². The molecule has 8 heteroatoms. The average Bonchev–Trinajstić information content (AvgIpc) is 2.95. The molecule has 13 rings (SSSR count). The van der Waals surface area contributed by atoms with Crippen LogP contribution in [0.1, 0.15) is 109 Å². The lowest BCUT2D eigenvalue weighted by Gasteiger charge is -2.62. The number of carbonyl (C=O) groups excluding carboxylic acids is 2. The second kappa shape index (κ2) is 9.26. The largest absolute Gasteiger partial charge is 0.464 e. The van der Waals surface area contributed by atoms with E-state index in [0.717, 1.165) is 76.0 Å². The van der Waals surface area contributed by atoms with Gasteiger partial charge >= 0.3 is 11.9 Å². The minimum Gasteiger partial charge on any atom is -0.464 e. The minimum atomic E-state index is -0.774. The number of hydrogen-bond acceptors (Lipinski definition) is 8. The van der Waals surface area contributed by atoms with Gasteiger partial charge in [-0.25, -0.2) is 0 Å². The van der Waals surface area contributed by atoms with Crippen LogP contribution in [0.25, 0.3) is 0 Å². The zero-order valence-corrected chi connectivity index (χ0v) is 26.8. The van der Waals surface area contributed by atoms with Crippen LogP contribution in [0, 0.1) is 63.6 Å². The Labute approximate surface area is 266 Å². The molecular formula is C37H52O8. The summed E-state index contributed by atoms with van der Waals surface area (Å²) < 4.78 is 26.3. The first kappa shape index (κ1) is 28.8. The van der Waals surface area contributed by atoms with E-state index in [-0.39, 0.29) is 25.2 Å². The van der Waals surface area contributed by atoms with Crippen LogP contribution in [0.3, 0.4) is 0 Å². The molecule has 2 N–H and O–H groups in total. The molecular weight excluding hydrogens is 572 g/mol. The van der Waals surface area contributed by atoms with Crippen LogP contribution in [0.4, 0.5) is 0 Å². The van der Waals surface area contributed by atoms with Gasteiger partial charge in [0.05, 0.1) is 40.7 Å². The third-order valence-electron chi connectivity index (χ3n) is 15.4. The highest BCUT2D eigenvalue weighted by Crippen LogP contribution is 2.64. The Morgan fingerprint density at radius 1 is 0.556 bits per heavy atom. The van der Waals surface area contributed by atoms with E-state index < -0.39 is 33.2 Å². The molecule has 13 aliphatic rings. The maximum absolute atomic E-state index is 14.0. The summed E-state index contributed by atoms with van der Waals surface area (Å²) in [6.45, 7) is 0.876. The second-order valence-corrected chi connectivity index (χ2v) is 19.2. The fourth-order valence-corrected chi connectivity index (χ4v) is 14.8. The lowest BCUT2D eigenvalue weighted by atomic mass is 9.48. The molecule has 12 aliphatic carbocycles. The van der Waals surface area contributed by atoms with Gasteiger partial charge in [0.15, 0.2) is 5.79 Å². The SMILES string of the molecule is O=C(OCC1(COC(=O)C23CC4CC(CC(O)(C4)C2)C3)COC2(OC1)C1CC3CC(C1)CC2C3)C12CC3CC(CC(O)(C3)C1)C2. The van der Waals surface area contributed by atoms with Crippen LogP contribution in [-0.2, 0) is 28.5 Å². The van der Waals surface area contributed by atoms with Gasteiger partial charge in [0.2, 0.25) is 0 Å². The van der Waals surface area contributed by atoms with Gasteiger partial charge in [0, 0.05) is 11.8 Å². The summed E-state index contributed by atoms with van der Waals surface area (Å²) in [6.07, 6.45) is 15.8. The summed E-state index contributed by atoms with van der Waals surface area (Å²) in [5.41, 5.74) is -3.46. The molecule has 13 fully saturated rings. The molecule has 0 aromatic carbocycles. The van der Waals surface area contributed by atoms with Gasteiger partial charge in [0.25, 0.3) is 0 Å². The normalized spacial score (nSPS) is 57.9. The van der Waals surface area contributed by atoms with Gasteiger partial charge in [-0.2, -0.15) is 0 Å².